The number of esters is 2. The van der Waals surface area contributed by atoms with Crippen molar-refractivity contribution in [1.82, 2.24) is 0 Å². The fourth-order valence-electron chi connectivity index (χ4n) is 3.22. The summed E-state index contributed by atoms with van der Waals surface area (Å²) < 4.78 is 10.5. The second-order valence-corrected chi connectivity index (χ2v) is 9.10. The van der Waals surface area contributed by atoms with E-state index in [4.69, 9.17) is 9.47 Å². The average molecular weight is 433 g/mol. The largest absolute Gasteiger partial charge is 0.461 e. The molecule has 1 aromatic rings. The van der Waals surface area contributed by atoms with E-state index in [9.17, 15) is 14.4 Å². The maximum atomic E-state index is 12.0. The van der Waals surface area contributed by atoms with Crippen LogP contribution < -0.4 is 0 Å². The van der Waals surface area contributed by atoms with Crippen molar-refractivity contribution in [1.29, 1.82) is 0 Å². The monoisotopic (exact) mass is 432 g/mol. The number of hydrogen-bond acceptors (Lipinski definition) is 5. The van der Waals surface area contributed by atoms with Crippen molar-refractivity contribution in [2.75, 3.05) is 0 Å². The fourth-order valence-corrected chi connectivity index (χ4v) is 3.22. The molecule has 0 aliphatic rings. The number of Topliss-reactive ketones (excluding diaryl/α,β-unsaturated/α-hetero) is 1. The van der Waals surface area contributed by atoms with Gasteiger partial charge in [0.25, 0.3) is 0 Å². The van der Waals surface area contributed by atoms with E-state index in [0.29, 0.717) is 38.1 Å². The fraction of sp³-hybridized carbons (Fsp3) is 0.654. The van der Waals surface area contributed by atoms with E-state index >= 15 is 0 Å². The molecule has 0 atom stereocenters. The number of carbonyl (C=O) groups excluding carboxylic acids is 3. The van der Waals surface area contributed by atoms with Crippen molar-refractivity contribution in [3.8, 4) is 0 Å². The number of hydrogen-bond donors (Lipinski definition) is 0. The van der Waals surface area contributed by atoms with Gasteiger partial charge in [0.15, 0.2) is 0 Å². The van der Waals surface area contributed by atoms with Crippen molar-refractivity contribution < 1.29 is 23.9 Å². The third kappa shape index (κ3) is 16.2. The highest BCUT2D eigenvalue weighted by Gasteiger charge is 2.15. The van der Waals surface area contributed by atoms with Crippen LogP contribution in [0.2, 0.25) is 0 Å². The second-order valence-electron chi connectivity index (χ2n) is 9.10. The van der Waals surface area contributed by atoms with Gasteiger partial charge in [0, 0.05) is 25.7 Å². The Labute approximate surface area is 187 Å². The van der Waals surface area contributed by atoms with Crippen LogP contribution in [-0.2, 0) is 30.5 Å². The Kier molecular flexibility index (Phi) is 13.5. The summed E-state index contributed by atoms with van der Waals surface area (Å²) >= 11 is 0. The van der Waals surface area contributed by atoms with Crippen molar-refractivity contribution in [2.45, 2.75) is 110 Å². The van der Waals surface area contributed by atoms with E-state index < -0.39 is 5.60 Å². The molecule has 31 heavy (non-hydrogen) atoms. The summed E-state index contributed by atoms with van der Waals surface area (Å²) in [5.41, 5.74) is 0.576. The summed E-state index contributed by atoms with van der Waals surface area (Å²) in [6, 6.07) is 9.67. The summed E-state index contributed by atoms with van der Waals surface area (Å²) in [5, 5.41) is 0. The quantitative estimate of drug-likeness (QED) is 0.226. The number of ketones is 1. The van der Waals surface area contributed by atoms with Gasteiger partial charge >= 0.3 is 11.9 Å². The number of benzene rings is 1. The third-order valence-electron chi connectivity index (χ3n) is 4.84. The number of carbonyl (C=O) groups is 3. The van der Waals surface area contributed by atoms with E-state index in [-0.39, 0.29) is 11.9 Å². The molecule has 0 aliphatic heterocycles. The highest BCUT2D eigenvalue weighted by molar-refractivity contribution is 5.78. The van der Waals surface area contributed by atoms with Gasteiger partial charge in [0.05, 0.1) is 0 Å². The molecule has 0 fully saturated rings. The first-order chi connectivity index (χ1) is 14.8. The van der Waals surface area contributed by atoms with Crippen LogP contribution in [0.5, 0.6) is 0 Å². The zero-order valence-electron chi connectivity index (χ0n) is 19.6. The molecule has 0 amide bonds. The lowest BCUT2D eigenvalue weighted by molar-refractivity contribution is -0.155. The zero-order valence-corrected chi connectivity index (χ0v) is 19.6. The van der Waals surface area contributed by atoms with Crippen LogP contribution >= 0.6 is 0 Å². The number of ether oxygens (including phenoxy) is 2. The molecule has 5 heteroatoms. The zero-order chi connectivity index (χ0) is 23.0. The van der Waals surface area contributed by atoms with Crippen molar-refractivity contribution in [3.05, 3.63) is 35.9 Å². The highest BCUT2D eigenvalue weighted by atomic mass is 16.6. The molecule has 0 saturated carbocycles. The van der Waals surface area contributed by atoms with Gasteiger partial charge in [-0.25, -0.2) is 0 Å². The summed E-state index contributed by atoms with van der Waals surface area (Å²) in [7, 11) is 0. The normalized spacial score (nSPS) is 11.2. The van der Waals surface area contributed by atoms with E-state index in [2.05, 4.69) is 0 Å². The van der Waals surface area contributed by atoms with Crippen LogP contribution in [0, 0.1) is 0 Å². The van der Waals surface area contributed by atoms with Crippen LogP contribution in [0.1, 0.15) is 103 Å². The SMILES string of the molecule is CC(C)(C)OC(=O)CCCCCCC(=O)CCCCCCC(=O)OCc1ccccc1. The molecule has 0 heterocycles. The predicted octanol–water partition coefficient (Wildman–Crippen LogP) is 6.32. The summed E-state index contributed by atoms with van der Waals surface area (Å²) in [6.07, 6.45) is 9.36. The van der Waals surface area contributed by atoms with E-state index in [0.717, 1.165) is 56.9 Å². The number of unbranched alkanes of at least 4 members (excludes halogenated alkanes) is 6. The molecule has 0 unspecified atom stereocenters. The molecule has 0 aromatic heterocycles. The van der Waals surface area contributed by atoms with Gasteiger partial charge in [-0.05, 0) is 52.0 Å². The van der Waals surface area contributed by atoms with Gasteiger partial charge in [-0.3, -0.25) is 14.4 Å². The highest BCUT2D eigenvalue weighted by Crippen LogP contribution is 2.13. The lowest BCUT2D eigenvalue weighted by Gasteiger charge is -2.19. The first-order valence-electron chi connectivity index (χ1n) is 11.7. The van der Waals surface area contributed by atoms with Crippen LogP contribution in [0.15, 0.2) is 30.3 Å². The first kappa shape index (κ1) is 26.9. The Morgan fingerprint density at radius 3 is 1.68 bits per heavy atom. The molecule has 0 bridgehead atoms. The van der Waals surface area contributed by atoms with Crippen LogP contribution in [0.3, 0.4) is 0 Å². The third-order valence-corrected chi connectivity index (χ3v) is 4.84. The Morgan fingerprint density at radius 1 is 0.677 bits per heavy atom. The molecule has 1 aromatic carbocycles. The Morgan fingerprint density at radius 2 is 1.16 bits per heavy atom. The van der Waals surface area contributed by atoms with Gasteiger partial charge in [0.1, 0.15) is 18.0 Å². The Hall–Kier alpha value is -2.17. The minimum absolute atomic E-state index is 0.145. The van der Waals surface area contributed by atoms with Crippen LogP contribution in [0.4, 0.5) is 0 Å². The van der Waals surface area contributed by atoms with E-state index in [1.165, 1.54) is 0 Å². The lowest BCUT2D eigenvalue weighted by Crippen LogP contribution is -2.23. The van der Waals surface area contributed by atoms with Gasteiger partial charge in [-0.15, -0.1) is 0 Å². The maximum absolute atomic E-state index is 12.0. The molecule has 0 aliphatic carbocycles. The van der Waals surface area contributed by atoms with Crippen molar-refractivity contribution in [2.24, 2.45) is 0 Å². The molecular formula is C26H40O5. The van der Waals surface area contributed by atoms with Gasteiger partial charge in [-0.1, -0.05) is 56.0 Å². The summed E-state index contributed by atoms with van der Waals surface area (Å²) in [4.78, 5) is 35.3. The standard InChI is InChI=1S/C26H40O5/c1-26(2,3)31-25(29)20-14-7-5-12-18-23(27)17-11-4-6-13-19-24(28)30-21-22-15-9-8-10-16-22/h8-10,15-16H,4-7,11-14,17-21H2,1-3H3. The van der Waals surface area contributed by atoms with Crippen LogP contribution in [-0.4, -0.2) is 23.3 Å². The smallest absolute Gasteiger partial charge is 0.306 e. The molecule has 0 spiro atoms. The predicted molar refractivity (Wildman–Crippen MR) is 122 cm³/mol. The van der Waals surface area contributed by atoms with Crippen molar-refractivity contribution >= 4 is 17.7 Å². The molecule has 5 nitrogen and oxygen atoms in total. The lowest BCUT2D eigenvalue weighted by atomic mass is 10.0. The molecule has 0 N–H and O–H groups in total. The molecular weight excluding hydrogens is 392 g/mol. The number of rotatable bonds is 16. The summed E-state index contributed by atoms with van der Waals surface area (Å²) in [5.74, 6) is 0.00837. The summed E-state index contributed by atoms with van der Waals surface area (Å²) in [6.45, 7) is 5.95. The minimum atomic E-state index is -0.421. The average Bonchev–Trinajstić information content (AvgIpc) is 2.71. The Balaban J connectivity index is 1.90. The second kappa shape index (κ2) is 15.6. The van der Waals surface area contributed by atoms with Crippen molar-refractivity contribution in [3.63, 3.8) is 0 Å². The Bertz CT molecular complexity index is 646. The molecule has 0 saturated heterocycles. The molecule has 0 radical (unpaired) electrons. The van der Waals surface area contributed by atoms with E-state index in [1.807, 2.05) is 51.1 Å². The molecule has 174 valence electrons. The first-order valence-corrected chi connectivity index (χ1v) is 11.7. The minimum Gasteiger partial charge on any atom is -0.461 e. The molecule has 1 rings (SSSR count). The van der Waals surface area contributed by atoms with Gasteiger partial charge in [0.2, 0.25) is 0 Å². The van der Waals surface area contributed by atoms with Gasteiger partial charge < -0.3 is 9.47 Å². The van der Waals surface area contributed by atoms with Gasteiger partial charge in [-0.2, -0.15) is 0 Å². The maximum Gasteiger partial charge on any atom is 0.306 e. The van der Waals surface area contributed by atoms with E-state index in [1.54, 1.807) is 0 Å². The topological polar surface area (TPSA) is 69.7 Å². The van der Waals surface area contributed by atoms with Crippen LogP contribution in [0.25, 0.3) is 0 Å².